The summed E-state index contributed by atoms with van der Waals surface area (Å²) in [6.07, 6.45) is 11.3. The topological polar surface area (TPSA) is 108 Å². The first-order valence-corrected chi connectivity index (χ1v) is 17.2. The van der Waals surface area contributed by atoms with E-state index >= 15 is 0 Å². The summed E-state index contributed by atoms with van der Waals surface area (Å²) in [4.78, 5) is 46.9. The number of benzene rings is 1. The Morgan fingerprint density at radius 3 is 1.84 bits per heavy atom. The Bertz CT molecular complexity index is 1010. The molecule has 0 aromatic heterocycles. The largest absolute Gasteiger partial charge is 0.465 e. The summed E-state index contributed by atoms with van der Waals surface area (Å²) in [5.74, 6) is 0.00832. The Morgan fingerprint density at radius 1 is 0.822 bits per heavy atom. The lowest BCUT2D eigenvalue weighted by molar-refractivity contribution is -0.890. The number of likely N-dealkylation sites (N-methyl/N-ethyl adjacent to an activating group) is 1. The maximum atomic E-state index is 12.1. The third-order valence-corrected chi connectivity index (χ3v) is 8.47. The Balaban J connectivity index is 0.000000459. The zero-order chi connectivity index (χ0) is 33.7. The molecule has 1 heterocycles. The molecule has 9 heteroatoms. The number of unbranched alkanes of at least 4 members (excludes halogenated alkanes) is 2. The lowest BCUT2D eigenvalue weighted by Gasteiger charge is -2.27. The average Bonchev–Trinajstić information content (AvgIpc) is 3.43. The summed E-state index contributed by atoms with van der Waals surface area (Å²) in [6, 6.07) is 6.81. The molecule has 1 aliphatic rings. The second-order valence-corrected chi connectivity index (χ2v) is 12.9. The summed E-state index contributed by atoms with van der Waals surface area (Å²) in [5, 5.41) is 2.67. The number of hydrogen-bond donors (Lipinski definition) is 1. The van der Waals surface area contributed by atoms with Crippen LogP contribution in [0.5, 0.6) is 5.75 Å². The number of esters is 3. The zero-order valence-corrected chi connectivity index (χ0v) is 29.2. The van der Waals surface area contributed by atoms with Crippen molar-refractivity contribution in [2.45, 2.75) is 112 Å². The third-order valence-electron chi connectivity index (χ3n) is 8.47. The van der Waals surface area contributed by atoms with Crippen molar-refractivity contribution in [3.05, 3.63) is 24.3 Å². The van der Waals surface area contributed by atoms with Crippen molar-refractivity contribution in [3.8, 4) is 5.75 Å². The molecule has 0 aliphatic carbocycles. The Morgan fingerprint density at radius 2 is 1.36 bits per heavy atom. The molecule has 2 rings (SSSR count). The van der Waals surface area contributed by atoms with Crippen molar-refractivity contribution < 1.29 is 37.9 Å². The molecule has 45 heavy (non-hydrogen) atoms. The van der Waals surface area contributed by atoms with Crippen molar-refractivity contribution in [2.75, 3.05) is 45.2 Å². The van der Waals surface area contributed by atoms with E-state index in [2.05, 4.69) is 40.1 Å². The van der Waals surface area contributed by atoms with Crippen LogP contribution in [0.4, 0.5) is 5.69 Å². The number of nitrogens with zero attached hydrogens (tertiary/aromatic N) is 1. The van der Waals surface area contributed by atoms with Gasteiger partial charge in [0.05, 0.1) is 45.7 Å². The van der Waals surface area contributed by atoms with Gasteiger partial charge in [0.25, 0.3) is 0 Å². The van der Waals surface area contributed by atoms with Crippen LogP contribution in [0.1, 0.15) is 112 Å². The lowest BCUT2D eigenvalue weighted by Crippen LogP contribution is -2.46. The maximum Gasteiger partial charge on any atom is 0.367 e. The predicted octanol–water partition coefficient (Wildman–Crippen LogP) is 7.32. The van der Waals surface area contributed by atoms with Crippen LogP contribution in [0, 0.1) is 17.8 Å². The van der Waals surface area contributed by atoms with Gasteiger partial charge in [-0.1, -0.05) is 73.1 Å². The van der Waals surface area contributed by atoms with Crippen molar-refractivity contribution in [1.29, 1.82) is 0 Å². The zero-order valence-electron chi connectivity index (χ0n) is 29.2. The molecule has 256 valence electrons. The highest BCUT2D eigenvalue weighted by Gasteiger charge is 2.30. The van der Waals surface area contributed by atoms with Gasteiger partial charge in [-0.15, -0.1) is 0 Å². The number of quaternary nitrogens is 1. The Labute approximate surface area is 272 Å². The van der Waals surface area contributed by atoms with Gasteiger partial charge in [-0.3, -0.25) is 14.4 Å². The van der Waals surface area contributed by atoms with Crippen molar-refractivity contribution in [1.82, 2.24) is 0 Å². The van der Waals surface area contributed by atoms with E-state index in [0.717, 1.165) is 68.9 Å². The van der Waals surface area contributed by atoms with Gasteiger partial charge < -0.3 is 24.0 Å². The molecule has 1 amide bonds. The van der Waals surface area contributed by atoms with Gasteiger partial charge >= 0.3 is 17.9 Å². The molecule has 1 aromatic rings. The number of carbonyl (C=O) groups is 4. The fourth-order valence-electron chi connectivity index (χ4n) is 5.28. The van der Waals surface area contributed by atoms with Crippen LogP contribution in [0.2, 0.25) is 0 Å². The number of nitrogens with one attached hydrogen (secondary N) is 1. The molecule has 1 aromatic carbocycles. The van der Waals surface area contributed by atoms with Gasteiger partial charge in [0.1, 0.15) is 5.75 Å². The molecule has 1 saturated heterocycles. The summed E-state index contributed by atoms with van der Waals surface area (Å²) in [5.41, 5.74) is 0.691. The van der Waals surface area contributed by atoms with Gasteiger partial charge in [0, 0.05) is 25.5 Å². The number of rotatable bonds is 19. The minimum Gasteiger partial charge on any atom is -0.465 e. The van der Waals surface area contributed by atoms with Crippen molar-refractivity contribution >= 4 is 29.5 Å². The molecule has 0 bridgehead atoms. The smallest absolute Gasteiger partial charge is 0.367 e. The van der Waals surface area contributed by atoms with E-state index in [-0.39, 0.29) is 30.2 Å². The van der Waals surface area contributed by atoms with E-state index < -0.39 is 5.92 Å². The van der Waals surface area contributed by atoms with Crippen molar-refractivity contribution in [2.24, 2.45) is 17.8 Å². The minimum absolute atomic E-state index is 0.106. The molecule has 3 unspecified atom stereocenters. The monoisotopic (exact) mass is 633 g/mol. The maximum absolute atomic E-state index is 12.1. The fraction of sp³-hybridized carbons (Fsp3) is 0.722. The van der Waals surface area contributed by atoms with E-state index in [0.29, 0.717) is 43.0 Å². The molecule has 1 fully saturated rings. The summed E-state index contributed by atoms with van der Waals surface area (Å²) in [6.45, 7) is 15.2. The number of ether oxygens (including phenoxy) is 3. The van der Waals surface area contributed by atoms with E-state index in [1.807, 2.05) is 0 Å². The summed E-state index contributed by atoms with van der Waals surface area (Å²) >= 11 is 0. The number of hydrogen-bond acceptors (Lipinski definition) is 7. The van der Waals surface area contributed by atoms with E-state index in [1.54, 1.807) is 31.2 Å². The van der Waals surface area contributed by atoms with Crippen molar-refractivity contribution in [3.63, 3.8) is 0 Å². The second-order valence-electron chi connectivity index (χ2n) is 12.9. The number of anilines is 1. The first-order valence-electron chi connectivity index (χ1n) is 17.2. The third kappa shape index (κ3) is 18.0. The van der Waals surface area contributed by atoms with Gasteiger partial charge in [-0.25, -0.2) is 4.79 Å². The molecule has 0 saturated carbocycles. The number of likely N-dealkylation sites (tertiary alicyclic amines) is 1. The molecule has 9 nitrogen and oxygen atoms in total. The van der Waals surface area contributed by atoms with Crippen LogP contribution in [-0.4, -0.2) is 68.2 Å². The van der Waals surface area contributed by atoms with Crippen LogP contribution < -0.4 is 10.1 Å². The van der Waals surface area contributed by atoms with Gasteiger partial charge in [0.2, 0.25) is 5.91 Å². The second kappa shape index (κ2) is 22.5. The first-order chi connectivity index (χ1) is 21.4. The highest BCUT2D eigenvalue weighted by Crippen LogP contribution is 2.19. The van der Waals surface area contributed by atoms with E-state index in [9.17, 15) is 19.2 Å². The first kappa shape index (κ1) is 40.1. The molecule has 0 radical (unpaired) electrons. The number of amides is 1. The van der Waals surface area contributed by atoms with Crippen LogP contribution in [0.3, 0.4) is 0 Å². The quantitative estimate of drug-likeness (QED) is 0.0966. The average molecular weight is 634 g/mol. The molecule has 1 N–H and O–H groups in total. The standard InChI is InChI=1S/C21H40O4.C15H20N2O3/c1-6-10-12-18(8-3)15-24-20(22)14-17(5)21(23)25-16-19(9-4)13-11-7-2;1-12(18)16-13-5-7-14(8-6-13)20-15(19)11-17(2)9-3-4-10-17/h17-19H,6-16H2,1-5H3;5-8H,3-4,9-11H2,1-2H3/p+1. The van der Waals surface area contributed by atoms with Crippen LogP contribution in [0.15, 0.2) is 24.3 Å². The number of carbonyl (C=O) groups excluding carboxylic acids is 4. The summed E-state index contributed by atoms with van der Waals surface area (Å²) < 4.78 is 16.9. The van der Waals surface area contributed by atoms with E-state index in [1.165, 1.54) is 19.8 Å². The molecular weight excluding hydrogens is 572 g/mol. The summed E-state index contributed by atoms with van der Waals surface area (Å²) in [7, 11) is 2.09. The highest BCUT2D eigenvalue weighted by atomic mass is 16.5. The fourth-order valence-corrected chi connectivity index (χ4v) is 5.28. The Kier molecular flexibility index (Phi) is 20.1. The Hall–Kier alpha value is -2.94. The lowest BCUT2D eigenvalue weighted by atomic mass is 10.0. The van der Waals surface area contributed by atoms with Gasteiger partial charge in [0.15, 0.2) is 6.54 Å². The van der Waals surface area contributed by atoms with Crippen LogP contribution >= 0.6 is 0 Å². The molecular formula is C36H61N2O7+. The van der Waals surface area contributed by atoms with Gasteiger partial charge in [-0.05, 0) is 48.9 Å². The van der Waals surface area contributed by atoms with Crippen LogP contribution in [-0.2, 0) is 28.7 Å². The highest BCUT2D eigenvalue weighted by molar-refractivity contribution is 5.88. The normalized spacial score (nSPS) is 15.5. The van der Waals surface area contributed by atoms with E-state index in [4.69, 9.17) is 14.2 Å². The molecule has 0 spiro atoms. The van der Waals surface area contributed by atoms with Gasteiger partial charge in [-0.2, -0.15) is 0 Å². The predicted molar refractivity (Wildman–Crippen MR) is 179 cm³/mol. The minimum atomic E-state index is -0.438. The SMILES string of the molecule is CC(=O)Nc1ccc(OC(=O)C[N+]2(C)CCCC2)cc1.CCCCC(CC)COC(=O)CC(C)C(=O)OCC(CC)CCCC. The van der Waals surface area contributed by atoms with Crippen LogP contribution in [0.25, 0.3) is 0 Å². The molecule has 1 aliphatic heterocycles. The molecule has 3 atom stereocenters.